The second-order valence-electron chi connectivity index (χ2n) is 4.05. The maximum absolute atomic E-state index is 8.79. The highest BCUT2D eigenvalue weighted by atomic mass is 16.3. The van der Waals surface area contributed by atoms with Crippen LogP contribution < -0.4 is 10.6 Å². The minimum atomic E-state index is 0.120. The Kier molecular flexibility index (Phi) is 5.18. The van der Waals surface area contributed by atoms with Crippen LogP contribution in [0, 0.1) is 0 Å². The van der Waals surface area contributed by atoms with Crippen LogP contribution in [-0.2, 0) is 0 Å². The molecule has 0 aromatic carbocycles. The largest absolute Gasteiger partial charge is 0.396 e. The summed E-state index contributed by atoms with van der Waals surface area (Å²) in [7, 11) is 0. The molecule has 0 radical (unpaired) electrons. The van der Waals surface area contributed by atoms with E-state index in [1.165, 1.54) is 17.3 Å². The van der Waals surface area contributed by atoms with Crippen LogP contribution in [0.3, 0.4) is 0 Å². The average molecular weight is 278 g/mol. The van der Waals surface area contributed by atoms with Gasteiger partial charge in [0.15, 0.2) is 0 Å². The Morgan fingerprint density at radius 3 is 2.50 bits per heavy atom. The molecule has 0 amide bonds. The SMILES string of the molecule is CCCNc1nc(NCCCO)nc(-n2cncn2)n1. The fourth-order valence-corrected chi connectivity index (χ4v) is 1.45. The summed E-state index contributed by atoms with van der Waals surface area (Å²) in [5.74, 6) is 1.32. The molecule has 2 aromatic heterocycles. The molecule has 0 fully saturated rings. The normalized spacial score (nSPS) is 10.5. The van der Waals surface area contributed by atoms with Gasteiger partial charge in [-0.1, -0.05) is 6.92 Å². The number of aromatic nitrogens is 6. The van der Waals surface area contributed by atoms with Crippen molar-refractivity contribution in [3.8, 4) is 5.95 Å². The Morgan fingerprint density at radius 1 is 1.15 bits per heavy atom. The van der Waals surface area contributed by atoms with Gasteiger partial charge in [0.1, 0.15) is 12.7 Å². The van der Waals surface area contributed by atoms with Gasteiger partial charge in [-0.2, -0.15) is 24.7 Å². The van der Waals surface area contributed by atoms with Crippen molar-refractivity contribution >= 4 is 11.9 Å². The minimum absolute atomic E-state index is 0.120. The van der Waals surface area contributed by atoms with Gasteiger partial charge in [0.05, 0.1) is 0 Å². The molecule has 0 unspecified atom stereocenters. The lowest BCUT2D eigenvalue weighted by Gasteiger charge is -2.09. The lowest BCUT2D eigenvalue weighted by atomic mass is 10.4. The fraction of sp³-hybridized carbons (Fsp3) is 0.545. The molecule has 108 valence electrons. The summed E-state index contributed by atoms with van der Waals surface area (Å²) >= 11 is 0. The molecule has 9 heteroatoms. The van der Waals surface area contributed by atoms with Crippen LogP contribution in [0.2, 0.25) is 0 Å². The molecule has 0 saturated carbocycles. The Balaban J connectivity index is 2.19. The van der Waals surface area contributed by atoms with Crippen molar-refractivity contribution in [1.29, 1.82) is 0 Å². The van der Waals surface area contributed by atoms with E-state index >= 15 is 0 Å². The molecule has 2 heterocycles. The highest BCUT2D eigenvalue weighted by molar-refractivity contribution is 5.37. The minimum Gasteiger partial charge on any atom is -0.396 e. The van der Waals surface area contributed by atoms with Gasteiger partial charge in [-0.05, 0) is 12.8 Å². The van der Waals surface area contributed by atoms with Gasteiger partial charge in [-0.3, -0.25) is 0 Å². The van der Waals surface area contributed by atoms with Crippen molar-refractivity contribution in [3.05, 3.63) is 12.7 Å². The van der Waals surface area contributed by atoms with Crippen molar-refractivity contribution in [2.24, 2.45) is 0 Å². The van der Waals surface area contributed by atoms with E-state index in [-0.39, 0.29) is 6.61 Å². The summed E-state index contributed by atoms with van der Waals surface area (Å²) in [6, 6.07) is 0. The van der Waals surface area contributed by atoms with Gasteiger partial charge in [0, 0.05) is 19.7 Å². The molecule has 3 N–H and O–H groups in total. The highest BCUT2D eigenvalue weighted by Crippen LogP contribution is 2.08. The molecule has 0 aliphatic heterocycles. The number of nitrogens with zero attached hydrogens (tertiary/aromatic N) is 6. The summed E-state index contributed by atoms with van der Waals surface area (Å²) in [5, 5.41) is 18.9. The van der Waals surface area contributed by atoms with Crippen LogP contribution in [0.5, 0.6) is 0 Å². The maximum Gasteiger partial charge on any atom is 0.258 e. The number of rotatable bonds is 8. The van der Waals surface area contributed by atoms with Gasteiger partial charge >= 0.3 is 0 Å². The van der Waals surface area contributed by atoms with Gasteiger partial charge < -0.3 is 15.7 Å². The topological polar surface area (TPSA) is 114 Å². The number of nitrogens with one attached hydrogen (secondary N) is 2. The number of hydrogen-bond donors (Lipinski definition) is 3. The van der Waals surface area contributed by atoms with Crippen molar-refractivity contribution in [2.45, 2.75) is 19.8 Å². The molecule has 9 nitrogen and oxygen atoms in total. The molecule has 0 bridgehead atoms. The summed E-state index contributed by atoms with van der Waals surface area (Å²) in [6.07, 6.45) is 4.54. The van der Waals surface area contributed by atoms with Crippen LogP contribution in [0.25, 0.3) is 5.95 Å². The molecular weight excluding hydrogens is 260 g/mol. The predicted octanol–water partition coefficient (Wildman–Crippen LogP) is 0.0685. The van der Waals surface area contributed by atoms with Crippen LogP contribution in [0.4, 0.5) is 11.9 Å². The van der Waals surface area contributed by atoms with Gasteiger partial charge in [-0.15, -0.1) is 0 Å². The lowest BCUT2D eigenvalue weighted by molar-refractivity contribution is 0.292. The Bertz CT molecular complexity index is 515. The second kappa shape index (κ2) is 7.34. The van der Waals surface area contributed by atoms with Crippen LogP contribution in [0.1, 0.15) is 19.8 Å². The number of aliphatic hydroxyl groups excluding tert-OH is 1. The zero-order valence-electron chi connectivity index (χ0n) is 11.3. The van der Waals surface area contributed by atoms with Gasteiger partial charge in [0.25, 0.3) is 5.95 Å². The van der Waals surface area contributed by atoms with E-state index in [4.69, 9.17) is 5.11 Å². The van der Waals surface area contributed by atoms with Crippen LogP contribution in [-0.4, -0.2) is 54.5 Å². The summed E-state index contributed by atoms with van der Waals surface area (Å²) in [4.78, 5) is 16.7. The van der Waals surface area contributed by atoms with Crippen molar-refractivity contribution in [3.63, 3.8) is 0 Å². The van der Waals surface area contributed by atoms with Gasteiger partial charge in [-0.25, -0.2) is 4.98 Å². The van der Waals surface area contributed by atoms with E-state index in [9.17, 15) is 0 Å². The van der Waals surface area contributed by atoms with Crippen LogP contribution in [0.15, 0.2) is 12.7 Å². The first kappa shape index (κ1) is 14.1. The zero-order valence-corrected chi connectivity index (χ0v) is 11.3. The summed E-state index contributed by atoms with van der Waals surface area (Å²) in [5.41, 5.74) is 0. The molecule has 0 aliphatic carbocycles. The Hall–Kier alpha value is -2.29. The lowest BCUT2D eigenvalue weighted by Crippen LogP contribution is -2.14. The zero-order chi connectivity index (χ0) is 14.2. The quantitative estimate of drug-likeness (QED) is 0.581. The first-order valence-electron chi connectivity index (χ1n) is 6.53. The summed E-state index contributed by atoms with van der Waals surface area (Å²) < 4.78 is 1.47. The van der Waals surface area contributed by atoms with Gasteiger partial charge in [0.2, 0.25) is 11.9 Å². The van der Waals surface area contributed by atoms with E-state index in [0.717, 1.165) is 13.0 Å². The standard InChI is InChI=1S/C11H18N8O/c1-2-4-13-9-16-10(14-5-3-6-20)18-11(17-9)19-8-12-7-15-19/h7-8,20H,2-6H2,1H3,(H2,13,14,16,17,18). The maximum atomic E-state index is 8.79. The molecule has 0 aliphatic rings. The molecule has 20 heavy (non-hydrogen) atoms. The highest BCUT2D eigenvalue weighted by Gasteiger charge is 2.08. The third-order valence-electron chi connectivity index (χ3n) is 2.40. The number of aliphatic hydroxyl groups is 1. The number of anilines is 2. The van der Waals surface area contributed by atoms with E-state index < -0.39 is 0 Å². The first-order chi connectivity index (χ1) is 9.83. The van der Waals surface area contributed by atoms with E-state index in [1.54, 1.807) is 0 Å². The van der Waals surface area contributed by atoms with Crippen LogP contribution >= 0.6 is 0 Å². The predicted molar refractivity (Wildman–Crippen MR) is 73.7 cm³/mol. The third-order valence-corrected chi connectivity index (χ3v) is 2.40. The molecular formula is C11H18N8O. The Labute approximate surface area is 116 Å². The molecule has 2 aromatic rings. The van der Waals surface area contributed by atoms with E-state index in [1.807, 2.05) is 0 Å². The van der Waals surface area contributed by atoms with E-state index in [0.29, 0.717) is 30.8 Å². The van der Waals surface area contributed by atoms with Crippen molar-refractivity contribution in [2.75, 3.05) is 30.3 Å². The Morgan fingerprint density at radius 2 is 1.90 bits per heavy atom. The monoisotopic (exact) mass is 278 g/mol. The van der Waals surface area contributed by atoms with Crippen molar-refractivity contribution < 1.29 is 5.11 Å². The average Bonchev–Trinajstić information content (AvgIpc) is 2.99. The number of hydrogen-bond acceptors (Lipinski definition) is 8. The third kappa shape index (κ3) is 3.85. The molecule has 2 rings (SSSR count). The molecule has 0 saturated heterocycles. The molecule has 0 spiro atoms. The smallest absolute Gasteiger partial charge is 0.258 e. The second-order valence-corrected chi connectivity index (χ2v) is 4.05. The molecule has 0 atom stereocenters. The van der Waals surface area contributed by atoms with Crippen molar-refractivity contribution in [1.82, 2.24) is 29.7 Å². The first-order valence-corrected chi connectivity index (χ1v) is 6.53. The van der Waals surface area contributed by atoms with E-state index in [2.05, 4.69) is 42.6 Å². The fourth-order valence-electron chi connectivity index (χ4n) is 1.45. The summed E-state index contributed by atoms with van der Waals surface area (Å²) in [6.45, 7) is 3.54.